The van der Waals surface area contributed by atoms with Gasteiger partial charge < -0.3 is 5.73 Å². The number of primary amides is 1. The summed E-state index contributed by atoms with van der Waals surface area (Å²) >= 11 is 0. The molecule has 0 aromatic heterocycles. The summed E-state index contributed by atoms with van der Waals surface area (Å²) < 4.78 is 25.7. The van der Waals surface area contributed by atoms with Crippen LogP contribution in [0.25, 0.3) is 0 Å². The number of halogens is 2. The third-order valence-corrected chi connectivity index (χ3v) is 2.17. The van der Waals surface area contributed by atoms with Gasteiger partial charge in [-0.05, 0) is 11.6 Å². The number of imide groups is 1. The summed E-state index contributed by atoms with van der Waals surface area (Å²) in [6, 6.07) is 0.691. The van der Waals surface area contributed by atoms with E-state index < -0.39 is 23.6 Å². The third-order valence-electron chi connectivity index (χ3n) is 2.17. The van der Waals surface area contributed by atoms with Gasteiger partial charge >= 0.3 is 6.03 Å². The number of rotatable bonds is 0. The monoisotopic (exact) mass is 212 g/mol. The number of urea groups is 1. The van der Waals surface area contributed by atoms with Crippen LogP contribution in [0.15, 0.2) is 12.1 Å². The largest absolute Gasteiger partial charge is 0.351 e. The van der Waals surface area contributed by atoms with Crippen LogP contribution in [-0.4, -0.2) is 11.9 Å². The van der Waals surface area contributed by atoms with E-state index in [4.69, 9.17) is 5.73 Å². The molecule has 3 amide bonds. The van der Waals surface area contributed by atoms with Crippen molar-refractivity contribution in [2.75, 3.05) is 4.90 Å². The molecule has 1 aromatic carbocycles. The first kappa shape index (κ1) is 9.57. The summed E-state index contributed by atoms with van der Waals surface area (Å²) in [5.41, 5.74) is 5.22. The van der Waals surface area contributed by atoms with E-state index in [1.54, 1.807) is 0 Å². The van der Waals surface area contributed by atoms with Crippen molar-refractivity contribution >= 4 is 17.6 Å². The number of nitrogens with two attached hydrogens (primary N) is 1. The second-order valence-corrected chi connectivity index (χ2v) is 3.14. The quantitative estimate of drug-likeness (QED) is 0.695. The number of anilines is 1. The van der Waals surface area contributed by atoms with Gasteiger partial charge in [-0.25, -0.2) is 18.5 Å². The zero-order valence-electron chi connectivity index (χ0n) is 7.46. The predicted molar refractivity (Wildman–Crippen MR) is 47.1 cm³/mol. The minimum atomic E-state index is -1.12. The molecule has 2 N–H and O–H groups in total. The van der Waals surface area contributed by atoms with E-state index in [1.807, 2.05) is 0 Å². The number of carbonyl (C=O) groups is 2. The molecule has 0 fully saturated rings. The van der Waals surface area contributed by atoms with Crippen LogP contribution in [0.2, 0.25) is 0 Å². The van der Waals surface area contributed by atoms with E-state index in [-0.39, 0.29) is 17.7 Å². The van der Waals surface area contributed by atoms with Crippen LogP contribution < -0.4 is 10.6 Å². The fourth-order valence-electron chi connectivity index (χ4n) is 1.55. The van der Waals surface area contributed by atoms with E-state index in [0.29, 0.717) is 4.90 Å². The Morgan fingerprint density at radius 1 is 1.33 bits per heavy atom. The Kier molecular flexibility index (Phi) is 1.92. The molecule has 0 aliphatic carbocycles. The molecule has 0 saturated heterocycles. The number of amides is 3. The highest BCUT2D eigenvalue weighted by Gasteiger charge is 2.32. The smallest absolute Gasteiger partial charge is 0.326 e. The van der Waals surface area contributed by atoms with Gasteiger partial charge in [-0.3, -0.25) is 4.79 Å². The Morgan fingerprint density at radius 3 is 2.53 bits per heavy atom. The number of hydrogen-bond donors (Lipinski definition) is 1. The van der Waals surface area contributed by atoms with Crippen LogP contribution in [-0.2, 0) is 11.2 Å². The normalized spacial score (nSPS) is 14.3. The molecule has 0 atom stereocenters. The van der Waals surface area contributed by atoms with E-state index in [0.717, 1.165) is 12.1 Å². The molecular formula is C9H6F2N2O2. The minimum Gasteiger partial charge on any atom is -0.351 e. The van der Waals surface area contributed by atoms with Crippen molar-refractivity contribution in [3.63, 3.8) is 0 Å². The number of carbonyl (C=O) groups excluding carboxylic acids is 2. The lowest BCUT2D eigenvalue weighted by molar-refractivity contribution is -0.116. The highest BCUT2D eigenvalue weighted by molar-refractivity contribution is 6.18. The van der Waals surface area contributed by atoms with Crippen LogP contribution in [0.5, 0.6) is 0 Å². The van der Waals surface area contributed by atoms with Gasteiger partial charge in [-0.2, -0.15) is 0 Å². The zero-order chi connectivity index (χ0) is 11.2. The van der Waals surface area contributed by atoms with E-state index in [9.17, 15) is 18.4 Å². The number of benzene rings is 1. The zero-order valence-corrected chi connectivity index (χ0v) is 7.46. The first-order valence-electron chi connectivity index (χ1n) is 4.11. The molecule has 2 rings (SSSR count). The van der Waals surface area contributed by atoms with Crippen LogP contribution in [0.3, 0.4) is 0 Å². The van der Waals surface area contributed by atoms with Crippen LogP contribution in [0.1, 0.15) is 5.56 Å². The Labute approximate surface area is 83.3 Å². The molecule has 0 unspecified atom stereocenters. The minimum absolute atomic E-state index is 0.0198. The van der Waals surface area contributed by atoms with Gasteiger partial charge in [0.2, 0.25) is 5.91 Å². The second kappa shape index (κ2) is 3.01. The van der Waals surface area contributed by atoms with Gasteiger partial charge in [0.25, 0.3) is 0 Å². The average molecular weight is 212 g/mol. The molecule has 0 radical (unpaired) electrons. The third kappa shape index (κ3) is 1.34. The molecule has 4 nitrogen and oxygen atoms in total. The van der Waals surface area contributed by atoms with Crippen LogP contribution in [0.4, 0.5) is 19.3 Å². The Hall–Kier alpha value is -1.98. The molecule has 15 heavy (non-hydrogen) atoms. The van der Waals surface area contributed by atoms with Gasteiger partial charge in [-0.15, -0.1) is 0 Å². The van der Waals surface area contributed by atoms with Gasteiger partial charge in [-0.1, -0.05) is 0 Å². The maximum absolute atomic E-state index is 12.9. The molecule has 1 aliphatic heterocycles. The topological polar surface area (TPSA) is 63.4 Å². The summed E-state index contributed by atoms with van der Waals surface area (Å²) in [6.45, 7) is 0. The SMILES string of the molecule is NC(=O)N1C(=O)Cc2cc(F)c(F)cc21. The molecule has 6 heteroatoms. The molecular weight excluding hydrogens is 206 g/mol. The van der Waals surface area contributed by atoms with Crippen molar-refractivity contribution in [2.45, 2.75) is 6.42 Å². The Morgan fingerprint density at radius 2 is 1.93 bits per heavy atom. The summed E-state index contributed by atoms with van der Waals surface area (Å²) in [6.07, 6.45) is -0.143. The van der Waals surface area contributed by atoms with E-state index in [1.165, 1.54) is 0 Å². The number of nitrogens with zero attached hydrogens (tertiary/aromatic N) is 1. The van der Waals surface area contributed by atoms with Crippen LogP contribution in [0, 0.1) is 11.6 Å². The first-order chi connectivity index (χ1) is 7.00. The molecule has 1 aromatic rings. The Bertz CT molecular complexity index is 473. The highest BCUT2D eigenvalue weighted by Crippen LogP contribution is 2.30. The lowest BCUT2D eigenvalue weighted by atomic mass is 10.1. The summed E-state index contributed by atoms with van der Waals surface area (Å²) in [4.78, 5) is 22.8. The second-order valence-electron chi connectivity index (χ2n) is 3.14. The Balaban J connectivity index is 2.59. The number of fused-ring (bicyclic) bond motifs is 1. The van der Waals surface area contributed by atoms with Crippen molar-refractivity contribution in [3.8, 4) is 0 Å². The van der Waals surface area contributed by atoms with Crippen molar-refractivity contribution in [2.24, 2.45) is 5.73 Å². The van der Waals surface area contributed by atoms with Gasteiger partial charge in [0, 0.05) is 6.07 Å². The molecule has 1 heterocycles. The van der Waals surface area contributed by atoms with Crippen molar-refractivity contribution < 1.29 is 18.4 Å². The van der Waals surface area contributed by atoms with Crippen LogP contribution >= 0.6 is 0 Å². The highest BCUT2D eigenvalue weighted by atomic mass is 19.2. The average Bonchev–Trinajstić information content (AvgIpc) is 2.41. The van der Waals surface area contributed by atoms with Gasteiger partial charge in [0.15, 0.2) is 11.6 Å². The predicted octanol–water partition coefficient (Wildman–Crippen LogP) is 0.933. The maximum atomic E-state index is 12.9. The standard InChI is InChI=1S/C9H6F2N2O2/c10-5-1-4-2-8(14)13(9(12)15)7(4)3-6(5)11/h1,3H,2H2,(H2,12,15). The molecule has 1 aliphatic rings. The first-order valence-corrected chi connectivity index (χ1v) is 4.11. The lowest BCUT2D eigenvalue weighted by Crippen LogP contribution is -2.38. The van der Waals surface area contributed by atoms with E-state index >= 15 is 0 Å². The van der Waals surface area contributed by atoms with Crippen molar-refractivity contribution in [1.82, 2.24) is 0 Å². The molecule has 0 bridgehead atoms. The van der Waals surface area contributed by atoms with Gasteiger partial charge in [0.1, 0.15) is 0 Å². The fraction of sp³-hybridized carbons (Fsp3) is 0.111. The molecule has 0 spiro atoms. The molecule has 78 valence electrons. The molecule has 0 saturated carbocycles. The summed E-state index contributed by atoms with van der Waals surface area (Å²) in [5, 5.41) is 0. The summed E-state index contributed by atoms with van der Waals surface area (Å²) in [7, 11) is 0. The lowest BCUT2D eigenvalue weighted by Gasteiger charge is -2.11. The summed E-state index contributed by atoms with van der Waals surface area (Å²) in [5.74, 6) is -2.75. The van der Waals surface area contributed by atoms with Crippen molar-refractivity contribution in [3.05, 3.63) is 29.3 Å². The fourth-order valence-corrected chi connectivity index (χ4v) is 1.55. The maximum Gasteiger partial charge on any atom is 0.326 e. The van der Waals surface area contributed by atoms with E-state index in [2.05, 4.69) is 0 Å². The number of hydrogen-bond acceptors (Lipinski definition) is 2. The van der Waals surface area contributed by atoms with Gasteiger partial charge in [0.05, 0.1) is 12.1 Å². The van der Waals surface area contributed by atoms with Crippen molar-refractivity contribution in [1.29, 1.82) is 0 Å².